The second-order valence-electron chi connectivity index (χ2n) is 3.31. The minimum atomic E-state index is -0.929. The Bertz CT molecular complexity index is 341. The Balaban J connectivity index is 2.60. The molecule has 0 aliphatic rings. The molecule has 3 N–H and O–H groups in total. The molecule has 0 saturated carbocycles. The highest BCUT2D eigenvalue weighted by molar-refractivity contribution is 5.85. The van der Waals surface area contributed by atoms with Crippen molar-refractivity contribution >= 4 is 12.0 Å². The average molecular weight is 205 g/mol. The van der Waals surface area contributed by atoms with Gasteiger partial charge in [0.05, 0.1) is 0 Å². The van der Waals surface area contributed by atoms with Gasteiger partial charge in [-0.05, 0) is 36.6 Å². The summed E-state index contributed by atoms with van der Waals surface area (Å²) in [6.45, 7) is 0.695. The van der Waals surface area contributed by atoms with Crippen LogP contribution in [0, 0.1) is 0 Å². The smallest absolute Gasteiger partial charge is 0.328 e. The number of rotatable bonds is 5. The maximum atomic E-state index is 10.3. The van der Waals surface area contributed by atoms with Gasteiger partial charge in [0.2, 0.25) is 0 Å². The third kappa shape index (κ3) is 4.42. The first kappa shape index (κ1) is 11.5. The highest BCUT2D eigenvalue weighted by Gasteiger charge is 1.93. The van der Waals surface area contributed by atoms with Crippen LogP contribution in [-0.4, -0.2) is 17.6 Å². The predicted molar refractivity (Wildman–Crippen MR) is 60.5 cm³/mol. The van der Waals surface area contributed by atoms with Gasteiger partial charge in [0, 0.05) is 6.08 Å². The Morgan fingerprint density at radius 3 is 2.53 bits per heavy atom. The monoisotopic (exact) mass is 205 g/mol. The van der Waals surface area contributed by atoms with Crippen LogP contribution >= 0.6 is 0 Å². The number of carbonyl (C=O) groups is 1. The molecule has 3 nitrogen and oxygen atoms in total. The SMILES string of the molecule is NCCCc1ccc(C=CC(=O)O)cc1. The lowest BCUT2D eigenvalue weighted by molar-refractivity contribution is -0.131. The van der Waals surface area contributed by atoms with Crippen molar-refractivity contribution in [2.45, 2.75) is 12.8 Å². The first-order valence-electron chi connectivity index (χ1n) is 4.92. The Kier molecular flexibility index (Phi) is 4.57. The molecule has 1 aromatic carbocycles. The molecule has 0 unspecified atom stereocenters. The Hall–Kier alpha value is -1.61. The van der Waals surface area contributed by atoms with Gasteiger partial charge in [-0.15, -0.1) is 0 Å². The molecule has 15 heavy (non-hydrogen) atoms. The molecular formula is C12H15NO2. The molecule has 80 valence electrons. The number of aryl methyl sites for hydroxylation is 1. The lowest BCUT2D eigenvalue weighted by Crippen LogP contribution is -2.00. The molecule has 0 spiro atoms. The summed E-state index contributed by atoms with van der Waals surface area (Å²) >= 11 is 0. The van der Waals surface area contributed by atoms with Crippen LogP contribution in [0.4, 0.5) is 0 Å². The zero-order chi connectivity index (χ0) is 11.1. The number of hydrogen-bond acceptors (Lipinski definition) is 2. The summed E-state index contributed by atoms with van der Waals surface area (Å²) in [5, 5.41) is 8.44. The van der Waals surface area contributed by atoms with E-state index in [9.17, 15) is 4.79 Å². The van der Waals surface area contributed by atoms with E-state index in [1.54, 1.807) is 6.08 Å². The van der Waals surface area contributed by atoms with Crippen LogP contribution in [0.15, 0.2) is 30.3 Å². The van der Waals surface area contributed by atoms with Gasteiger partial charge in [0.25, 0.3) is 0 Å². The van der Waals surface area contributed by atoms with E-state index in [2.05, 4.69) is 0 Å². The standard InChI is InChI=1S/C12H15NO2/c13-9-1-2-10-3-5-11(6-4-10)7-8-12(14)15/h3-8H,1-2,9,13H2,(H,14,15). The predicted octanol–water partition coefficient (Wildman–Crippen LogP) is 1.68. The first-order valence-corrected chi connectivity index (χ1v) is 4.92. The summed E-state index contributed by atoms with van der Waals surface area (Å²) in [6.07, 6.45) is 4.66. The van der Waals surface area contributed by atoms with Crippen LogP contribution in [0.5, 0.6) is 0 Å². The number of aliphatic carboxylic acids is 1. The first-order chi connectivity index (χ1) is 7.22. The van der Waals surface area contributed by atoms with Crippen LogP contribution in [0.25, 0.3) is 6.08 Å². The highest BCUT2D eigenvalue weighted by atomic mass is 16.4. The van der Waals surface area contributed by atoms with Crippen molar-refractivity contribution in [1.82, 2.24) is 0 Å². The fraction of sp³-hybridized carbons (Fsp3) is 0.250. The summed E-state index contributed by atoms with van der Waals surface area (Å²) in [6, 6.07) is 7.81. The van der Waals surface area contributed by atoms with Crippen molar-refractivity contribution in [3.8, 4) is 0 Å². The van der Waals surface area contributed by atoms with Crippen LogP contribution in [0.2, 0.25) is 0 Å². The Morgan fingerprint density at radius 2 is 2.00 bits per heavy atom. The summed E-state index contributed by atoms with van der Waals surface area (Å²) < 4.78 is 0. The second-order valence-corrected chi connectivity index (χ2v) is 3.31. The van der Waals surface area contributed by atoms with Crippen LogP contribution in [-0.2, 0) is 11.2 Å². The van der Waals surface area contributed by atoms with Gasteiger partial charge in [-0.25, -0.2) is 4.79 Å². The van der Waals surface area contributed by atoms with E-state index < -0.39 is 5.97 Å². The van der Waals surface area contributed by atoms with Crippen molar-refractivity contribution in [3.05, 3.63) is 41.5 Å². The van der Waals surface area contributed by atoms with Crippen molar-refractivity contribution in [1.29, 1.82) is 0 Å². The number of nitrogens with two attached hydrogens (primary N) is 1. The zero-order valence-electron chi connectivity index (χ0n) is 8.52. The molecule has 1 aromatic rings. The molecule has 0 bridgehead atoms. The molecule has 0 amide bonds. The molecule has 0 aromatic heterocycles. The fourth-order valence-corrected chi connectivity index (χ4v) is 1.27. The lowest BCUT2D eigenvalue weighted by atomic mass is 10.1. The van der Waals surface area contributed by atoms with E-state index in [4.69, 9.17) is 10.8 Å². The number of carboxylic acid groups (broad SMARTS) is 1. The molecule has 1 rings (SSSR count). The van der Waals surface area contributed by atoms with E-state index in [1.165, 1.54) is 5.56 Å². The van der Waals surface area contributed by atoms with Crippen molar-refractivity contribution in [2.24, 2.45) is 5.73 Å². The summed E-state index contributed by atoms with van der Waals surface area (Å²) in [5.41, 5.74) is 7.54. The fourth-order valence-electron chi connectivity index (χ4n) is 1.27. The molecule has 0 heterocycles. The van der Waals surface area contributed by atoms with E-state index >= 15 is 0 Å². The van der Waals surface area contributed by atoms with Crippen LogP contribution in [0.3, 0.4) is 0 Å². The van der Waals surface area contributed by atoms with Gasteiger partial charge in [0.1, 0.15) is 0 Å². The Morgan fingerprint density at radius 1 is 1.33 bits per heavy atom. The topological polar surface area (TPSA) is 63.3 Å². The second kappa shape index (κ2) is 5.98. The molecule has 0 radical (unpaired) electrons. The summed E-state index contributed by atoms with van der Waals surface area (Å²) in [5.74, 6) is -0.929. The molecule has 3 heteroatoms. The van der Waals surface area contributed by atoms with Gasteiger partial charge >= 0.3 is 5.97 Å². The normalized spacial score (nSPS) is 10.7. The van der Waals surface area contributed by atoms with Crippen LogP contribution in [0.1, 0.15) is 17.5 Å². The molecule has 0 aliphatic heterocycles. The molecule has 0 saturated heterocycles. The lowest BCUT2D eigenvalue weighted by Gasteiger charge is -1.99. The van der Waals surface area contributed by atoms with E-state index in [-0.39, 0.29) is 0 Å². The summed E-state index contributed by atoms with van der Waals surface area (Å²) in [7, 11) is 0. The molecule has 0 aliphatic carbocycles. The summed E-state index contributed by atoms with van der Waals surface area (Å²) in [4.78, 5) is 10.3. The van der Waals surface area contributed by atoms with Gasteiger partial charge < -0.3 is 10.8 Å². The average Bonchev–Trinajstić information content (AvgIpc) is 2.25. The van der Waals surface area contributed by atoms with Crippen molar-refractivity contribution in [3.63, 3.8) is 0 Å². The van der Waals surface area contributed by atoms with Crippen molar-refractivity contribution < 1.29 is 9.90 Å². The third-order valence-corrected chi connectivity index (χ3v) is 2.07. The quantitative estimate of drug-likeness (QED) is 0.719. The minimum Gasteiger partial charge on any atom is -0.478 e. The number of hydrogen-bond donors (Lipinski definition) is 2. The van der Waals surface area contributed by atoms with Gasteiger partial charge in [-0.3, -0.25) is 0 Å². The van der Waals surface area contributed by atoms with E-state index in [0.717, 1.165) is 24.5 Å². The Labute approximate surface area is 89.2 Å². The van der Waals surface area contributed by atoms with Gasteiger partial charge in [-0.2, -0.15) is 0 Å². The number of carboxylic acids is 1. The maximum Gasteiger partial charge on any atom is 0.328 e. The highest BCUT2D eigenvalue weighted by Crippen LogP contribution is 2.07. The van der Waals surface area contributed by atoms with Crippen molar-refractivity contribution in [2.75, 3.05) is 6.54 Å². The largest absolute Gasteiger partial charge is 0.478 e. The van der Waals surface area contributed by atoms with E-state index in [1.807, 2.05) is 24.3 Å². The maximum absolute atomic E-state index is 10.3. The molecular weight excluding hydrogens is 190 g/mol. The molecule has 0 atom stereocenters. The number of benzene rings is 1. The molecule has 0 fully saturated rings. The van der Waals surface area contributed by atoms with Gasteiger partial charge in [-0.1, -0.05) is 24.3 Å². The van der Waals surface area contributed by atoms with Gasteiger partial charge in [0.15, 0.2) is 0 Å². The van der Waals surface area contributed by atoms with Crippen LogP contribution < -0.4 is 5.73 Å². The third-order valence-electron chi connectivity index (χ3n) is 2.07. The zero-order valence-corrected chi connectivity index (χ0v) is 8.52. The minimum absolute atomic E-state index is 0.695. The van der Waals surface area contributed by atoms with E-state index in [0.29, 0.717) is 6.54 Å².